The summed E-state index contributed by atoms with van der Waals surface area (Å²) >= 11 is 0. The first-order valence-electron chi connectivity index (χ1n) is 6.67. The largest absolute Gasteiger partial charge is 0.478 e. The molecule has 0 heterocycles. The summed E-state index contributed by atoms with van der Waals surface area (Å²) in [5.74, 6) is -0.966. The number of primary sulfonamides is 1. The highest BCUT2D eigenvalue weighted by Gasteiger charge is 2.08. The number of anilines is 2. The number of carboxylic acid groups (broad SMARTS) is 1. The molecule has 7 heteroatoms. The van der Waals surface area contributed by atoms with Gasteiger partial charge < -0.3 is 10.4 Å². The van der Waals surface area contributed by atoms with Crippen LogP contribution in [0.4, 0.5) is 11.4 Å². The van der Waals surface area contributed by atoms with E-state index in [9.17, 15) is 13.2 Å². The van der Waals surface area contributed by atoms with Crippen molar-refractivity contribution >= 4 is 33.4 Å². The standard InChI is InChI=1S/C16H16N2O4S/c1-11(16(19)20)9-12-5-7-13(8-6-12)18-14-3-2-4-15(10-14)23(17,21)22/h2-10,18H,1H3,(H,19,20)(H2,17,21,22)/b11-9+. The van der Waals surface area contributed by atoms with Gasteiger partial charge in [0.25, 0.3) is 0 Å². The van der Waals surface area contributed by atoms with Crippen molar-refractivity contribution in [2.75, 3.05) is 5.32 Å². The van der Waals surface area contributed by atoms with Crippen molar-refractivity contribution < 1.29 is 18.3 Å². The molecule has 0 spiro atoms. The van der Waals surface area contributed by atoms with Crippen molar-refractivity contribution in [3.8, 4) is 0 Å². The molecular weight excluding hydrogens is 316 g/mol. The SMILES string of the molecule is C/C(=C\c1ccc(Nc2cccc(S(N)(=O)=O)c2)cc1)C(=O)O. The number of hydrogen-bond donors (Lipinski definition) is 3. The molecule has 0 fully saturated rings. The van der Waals surface area contributed by atoms with E-state index in [1.165, 1.54) is 19.1 Å². The minimum atomic E-state index is -3.75. The summed E-state index contributed by atoms with van der Waals surface area (Å²) in [6.45, 7) is 1.52. The van der Waals surface area contributed by atoms with Crippen LogP contribution in [0, 0.1) is 0 Å². The molecule has 120 valence electrons. The molecule has 0 saturated carbocycles. The molecule has 0 amide bonds. The molecule has 2 aromatic rings. The Labute approximate surface area is 134 Å². The number of nitrogens with two attached hydrogens (primary N) is 1. The summed E-state index contributed by atoms with van der Waals surface area (Å²) < 4.78 is 22.7. The van der Waals surface area contributed by atoms with Crippen LogP contribution in [0.15, 0.2) is 59.0 Å². The first-order valence-corrected chi connectivity index (χ1v) is 8.22. The van der Waals surface area contributed by atoms with E-state index in [1.54, 1.807) is 42.5 Å². The van der Waals surface area contributed by atoms with E-state index in [-0.39, 0.29) is 10.5 Å². The highest BCUT2D eigenvalue weighted by atomic mass is 32.2. The Balaban J connectivity index is 2.19. The van der Waals surface area contributed by atoms with Crippen LogP contribution in [0.1, 0.15) is 12.5 Å². The Bertz CT molecular complexity index is 856. The Hall–Kier alpha value is -2.64. The van der Waals surface area contributed by atoms with Gasteiger partial charge in [0.1, 0.15) is 0 Å². The lowest BCUT2D eigenvalue weighted by molar-refractivity contribution is -0.132. The maximum absolute atomic E-state index is 11.3. The summed E-state index contributed by atoms with van der Waals surface area (Å²) in [4.78, 5) is 10.8. The predicted octanol–water partition coefficient (Wildman–Crippen LogP) is 2.57. The molecule has 0 atom stereocenters. The molecule has 2 rings (SSSR count). The number of hydrogen-bond acceptors (Lipinski definition) is 4. The number of carboxylic acids is 1. The normalized spacial score (nSPS) is 12.0. The van der Waals surface area contributed by atoms with Crippen molar-refractivity contribution in [1.29, 1.82) is 0 Å². The highest BCUT2D eigenvalue weighted by Crippen LogP contribution is 2.20. The Morgan fingerprint density at radius 2 is 1.78 bits per heavy atom. The van der Waals surface area contributed by atoms with E-state index in [0.29, 0.717) is 5.69 Å². The minimum Gasteiger partial charge on any atom is -0.478 e. The molecule has 0 aromatic heterocycles. The van der Waals surface area contributed by atoms with Gasteiger partial charge in [-0.05, 0) is 48.9 Å². The second kappa shape index (κ2) is 6.64. The topological polar surface area (TPSA) is 109 Å². The van der Waals surface area contributed by atoms with Crippen LogP contribution in [-0.2, 0) is 14.8 Å². The molecule has 6 nitrogen and oxygen atoms in total. The minimum absolute atomic E-state index is 0.0270. The van der Waals surface area contributed by atoms with Crippen molar-refractivity contribution in [3.05, 3.63) is 59.7 Å². The van der Waals surface area contributed by atoms with Crippen LogP contribution in [0.5, 0.6) is 0 Å². The maximum atomic E-state index is 11.3. The molecular formula is C16H16N2O4S. The lowest BCUT2D eigenvalue weighted by atomic mass is 10.1. The van der Waals surface area contributed by atoms with Crippen LogP contribution in [0.2, 0.25) is 0 Å². The third-order valence-electron chi connectivity index (χ3n) is 3.08. The number of sulfonamides is 1. The van der Waals surface area contributed by atoms with Crippen LogP contribution in [0.25, 0.3) is 6.08 Å². The van der Waals surface area contributed by atoms with Gasteiger partial charge in [-0.1, -0.05) is 18.2 Å². The second-order valence-corrected chi connectivity index (χ2v) is 6.51. The molecule has 0 unspecified atom stereocenters. The van der Waals surface area contributed by atoms with E-state index in [2.05, 4.69) is 5.32 Å². The molecule has 0 aliphatic carbocycles. The van der Waals surface area contributed by atoms with Crippen LogP contribution in [-0.4, -0.2) is 19.5 Å². The number of aliphatic carboxylic acids is 1. The fourth-order valence-electron chi connectivity index (χ4n) is 1.89. The van der Waals surface area contributed by atoms with Gasteiger partial charge in [0.15, 0.2) is 0 Å². The average Bonchev–Trinajstić information content (AvgIpc) is 2.48. The van der Waals surface area contributed by atoms with Gasteiger partial charge in [0.05, 0.1) is 4.90 Å². The maximum Gasteiger partial charge on any atom is 0.331 e. The van der Waals surface area contributed by atoms with E-state index in [0.717, 1.165) is 11.3 Å². The fourth-order valence-corrected chi connectivity index (χ4v) is 2.45. The van der Waals surface area contributed by atoms with Gasteiger partial charge >= 0.3 is 5.97 Å². The summed E-state index contributed by atoms with van der Waals surface area (Å²) in [5, 5.41) is 17.0. The highest BCUT2D eigenvalue weighted by molar-refractivity contribution is 7.89. The third kappa shape index (κ3) is 4.67. The van der Waals surface area contributed by atoms with E-state index < -0.39 is 16.0 Å². The molecule has 0 bridgehead atoms. The summed E-state index contributed by atoms with van der Waals surface area (Å²) in [6.07, 6.45) is 1.56. The van der Waals surface area contributed by atoms with Gasteiger partial charge in [-0.15, -0.1) is 0 Å². The first kappa shape index (κ1) is 16.7. The Morgan fingerprint density at radius 3 is 2.35 bits per heavy atom. The molecule has 0 aliphatic heterocycles. The molecule has 0 aliphatic rings. The molecule has 0 radical (unpaired) electrons. The third-order valence-corrected chi connectivity index (χ3v) is 3.99. The number of benzene rings is 2. The lowest BCUT2D eigenvalue weighted by Gasteiger charge is -2.08. The molecule has 4 N–H and O–H groups in total. The van der Waals surface area contributed by atoms with Gasteiger partial charge in [0.2, 0.25) is 10.0 Å². The van der Waals surface area contributed by atoms with E-state index in [1.807, 2.05) is 0 Å². The van der Waals surface area contributed by atoms with Gasteiger partial charge in [-0.25, -0.2) is 18.4 Å². The van der Waals surface area contributed by atoms with Gasteiger partial charge in [-0.2, -0.15) is 0 Å². The molecule has 23 heavy (non-hydrogen) atoms. The summed E-state index contributed by atoms with van der Waals surface area (Å²) in [6, 6.07) is 13.2. The van der Waals surface area contributed by atoms with E-state index in [4.69, 9.17) is 10.2 Å². The van der Waals surface area contributed by atoms with Crippen molar-refractivity contribution in [2.24, 2.45) is 5.14 Å². The average molecular weight is 332 g/mol. The number of rotatable bonds is 5. The van der Waals surface area contributed by atoms with Crippen molar-refractivity contribution in [3.63, 3.8) is 0 Å². The zero-order valence-corrected chi connectivity index (χ0v) is 13.2. The lowest BCUT2D eigenvalue weighted by Crippen LogP contribution is -2.12. The quantitative estimate of drug-likeness (QED) is 0.729. The Morgan fingerprint density at radius 1 is 1.13 bits per heavy atom. The smallest absolute Gasteiger partial charge is 0.331 e. The molecule has 2 aromatic carbocycles. The van der Waals surface area contributed by atoms with Crippen LogP contribution in [0.3, 0.4) is 0 Å². The first-order chi connectivity index (χ1) is 10.8. The Kier molecular flexibility index (Phi) is 4.83. The fraction of sp³-hybridized carbons (Fsp3) is 0.0625. The van der Waals surface area contributed by atoms with Crippen molar-refractivity contribution in [2.45, 2.75) is 11.8 Å². The molecule has 0 saturated heterocycles. The second-order valence-electron chi connectivity index (χ2n) is 4.95. The summed E-state index contributed by atoms with van der Waals surface area (Å²) in [7, 11) is -3.75. The predicted molar refractivity (Wildman–Crippen MR) is 88.8 cm³/mol. The summed E-state index contributed by atoms with van der Waals surface area (Å²) in [5.41, 5.74) is 2.32. The van der Waals surface area contributed by atoms with Crippen LogP contribution >= 0.6 is 0 Å². The van der Waals surface area contributed by atoms with Crippen molar-refractivity contribution in [1.82, 2.24) is 0 Å². The number of nitrogens with one attached hydrogen (secondary N) is 1. The van der Waals surface area contributed by atoms with Gasteiger partial charge in [0, 0.05) is 16.9 Å². The monoisotopic (exact) mass is 332 g/mol. The number of carbonyl (C=O) groups is 1. The zero-order chi connectivity index (χ0) is 17.0. The van der Waals surface area contributed by atoms with E-state index >= 15 is 0 Å². The zero-order valence-electron chi connectivity index (χ0n) is 12.4. The van der Waals surface area contributed by atoms with Crippen LogP contribution < -0.4 is 10.5 Å². The van der Waals surface area contributed by atoms with Gasteiger partial charge in [-0.3, -0.25) is 0 Å².